The molecule has 0 spiro atoms. The Labute approximate surface area is 207 Å². The molecule has 0 amide bonds. The van der Waals surface area contributed by atoms with Gasteiger partial charge in [0.05, 0.1) is 36.4 Å². The lowest BCUT2D eigenvalue weighted by atomic mass is 10.1. The van der Waals surface area contributed by atoms with Crippen LogP contribution < -0.4 is 5.73 Å². The summed E-state index contributed by atoms with van der Waals surface area (Å²) in [6.07, 6.45) is 6.00. The SMILES string of the molecule is Nc1nc(CSc2nc(CN3CCOCC3)nc3ccccc23)nc2sc3c(c12)CCCCC3. The predicted molar refractivity (Wildman–Crippen MR) is 138 cm³/mol. The number of nitrogen functional groups attached to an aromatic ring is 1. The third kappa shape index (κ3) is 4.49. The molecular weight excluding hydrogens is 464 g/mol. The minimum absolute atomic E-state index is 0.626. The second kappa shape index (κ2) is 9.73. The number of benzene rings is 1. The summed E-state index contributed by atoms with van der Waals surface area (Å²) in [4.78, 5) is 24.2. The molecule has 0 atom stereocenters. The summed E-state index contributed by atoms with van der Waals surface area (Å²) in [6, 6.07) is 8.21. The van der Waals surface area contributed by atoms with Gasteiger partial charge in [0, 0.05) is 23.4 Å². The molecule has 1 fully saturated rings. The number of aromatic nitrogens is 4. The van der Waals surface area contributed by atoms with Crippen LogP contribution in [0, 0.1) is 0 Å². The topological polar surface area (TPSA) is 90.0 Å². The maximum absolute atomic E-state index is 6.47. The minimum atomic E-state index is 0.626. The zero-order valence-electron chi connectivity index (χ0n) is 19.1. The van der Waals surface area contributed by atoms with Crippen LogP contribution in [0.25, 0.3) is 21.1 Å². The normalized spacial score (nSPS) is 17.2. The summed E-state index contributed by atoms with van der Waals surface area (Å²) in [5.74, 6) is 2.87. The molecule has 1 aliphatic heterocycles. The fraction of sp³-hybridized carbons (Fsp3) is 0.440. The number of nitrogens with two attached hydrogens (primary N) is 1. The highest BCUT2D eigenvalue weighted by molar-refractivity contribution is 7.98. The molecule has 9 heteroatoms. The monoisotopic (exact) mass is 492 g/mol. The molecule has 7 nitrogen and oxygen atoms in total. The first-order chi connectivity index (χ1) is 16.7. The van der Waals surface area contributed by atoms with Crippen molar-refractivity contribution in [3.63, 3.8) is 0 Å². The van der Waals surface area contributed by atoms with E-state index in [2.05, 4.69) is 17.0 Å². The minimum Gasteiger partial charge on any atom is -0.383 e. The van der Waals surface area contributed by atoms with E-state index < -0.39 is 0 Å². The first-order valence-corrected chi connectivity index (χ1v) is 13.8. The van der Waals surface area contributed by atoms with Crippen molar-refractivity contribution in [3.05, 3.63) is 46.4 Å². The molecule has 176 valence electrons. The van der Waals surface area contributed by atoms with Gasteiger partial charge in [0.25, 0.3) is 0 Å². The van der Waals surface area contributed by atoms with E-state index in [0.717, 1.165) is 83.5 Å². The van der Waals surface area contributed by atoms with Gasteiger partial charge in [0.2, 0.25) is 0 Å². The summed E-state index contributed by atoms with van der Waals surface area (Å²) in [5, 5.41) is 3.13. The number of thioether (sulfide) groups is 1. The number of para-hydroxylation sites is 1. The number of hydrogen-bond donors (Lipinski definition) is 1. The molecule has 0 unspecified atom stereocenters. The molecule has 0 saturated carbocycles. The van der Waals surface area contributed by atoms with E-state index in [4.69, 9.17) is 30.4 Å². The van der Waals surface area contributed by atoms with Crippen LogP contribution in [0.2, 0.25) is 0 Å². The van der Waals surface area contributed by atoms with E-state index in [1.807, 2.05) is 12.1 Å². The second-order valence-corrected chi connectivity index (χ2v) is 11.0. The van der Waals surface area contributed by atoms with Gasteiger partial charge in [-0.1, -0.05) is 36.4 Å². The maximum Gasteiger partial charge on any atom is 0.144 e. The third-order valence-electron chi connectivity index (χ3n) is 6.56. The van der Waals surface area contributed by atoms with Gasteiger partial charge < -0.3 is 10.5 Å². The molecule has 4 aromatic rings. The van der Waals surface area contributed by atoms with Crippen LogP contribution in [0.3, 0.4) is 0 Å². The summed E-state index contributed by atoms with van der Waals surface area (Å²) < 4.78 is 5.48. The van der Waals surface area contributed by atoms with E-state index in [1.54, 1.807) is 23.1 Å². The standard InChI is InChI=1S/C25H28N6OS2/c26-23-22-17-7-2-1-3-9-19(17)34-25(22)30-21(28-23)15-33-24-16-6-4-5-8-18(16)27-20(29-24)14-31-10-12-32-13-11-31/h4-6,8H,1-3,7,9-15H2,(H2,26,28,30). The van der Waals surface area contributed by atoms with Crippen LogP contribution >= 0.6 is 23.1 Å². The first-order valence-electron chi connectivity index (χ1n) is 12.0. The Morgan fingerprint density at radius 1 is 0.971 bits per heavy atom. The number of thiophene rings is 1. The number of morpholine rings is 1. The highest BCUT2D eigenvalue weighted by atomic mass is 32.2. The number of aryl methyl sites for hydroxylation is 2. The third-order valence-corrected chi connectivity index (χ3v) is 8.73. The number of hydrogen-bond acceptors (Lipinski definition) is 9. The molecule has 1 aromatic carbocycles. The fourth-order valence-electron chi connectivity index (χ4n) is 4.84. The van der Waals surface area contributed by atoms with Crippen LogP contribution in [0.5, 0.6) is 0 Å². The van der Waals surface area contributed by atoms with Crippen molar-refractivity contribution in [1.29, 1.82) is 0 Å². The molecule has 4 heterocycles. The molecule has 0 bridgehead atoms. The molecule has 2 N–H and O–H groups in total. The highest BCUT2D eigenvalue weighted by Gasteiger charge is 2.20. The zero-order chi connectivity index (χ0) is 22.9. The molecule has 6 rings (SSSR count). The molecule has 3 aromatic heterocycles. The zero-order valence-corrected chi connectivity index (χ0v) is 20.8. The summed E-state index contributed by atoms with van der Waals surface area (Å²) in [5.41, 5.74) is 8.83. The van der Waals surface area contributed by atoms with Crippen LogP contribution in [0.1, 0.15) is 41.4 Å². The number of anilines is 1. The number of ether oxygens (including phenoxy) is 1. The Bertz CT molecular complexity index is 1330. The molecular formula is C25H28N6OS2. The van der Waals surface area contributed by atoms with Crippen LogP contribution in [0.15, 0.2) is 29.3 Å². The lowest BCUT2D eigenvalue weighted by molar-refractivity contribution is 0.0330. The lowest BCUT2D eigenvalue weighted by Gasteiger charge is -2.25. The molecule has 1 saturated heterocycles. The van der Waals surface area contributed by atoms with Gasteiger partial charge in [0.15, 0.2) is 0 Å². The number of nitrogens with zero attached hydrogens (tertiary/aromatic N) is 5. The van der Waals surface area contributed by atoms with Crippen molar-refractivity contribution in [1.82, 2.24) is 24.8 Å². The number of rotatable bonds is 5. The average Bonchev–Trinajstić information content (AvgIpc) is 3.05. The Kier molecular flexibility index (Phi) is 6.34. The molecule has 0 radical (unpaired) electrons. The van der Waals surface area contributed by atoms with Gasteiger partial charge in [0.1, 0.15) is 27.3 Å². The van der Waals surface area contributed by atoms with Gasteiger partial charge in [-0.2, -0.15) is 0 Å². The highest BCUT2D eigenvalue weighted by Crippen LogP contribution is 2.37. The Morgan fingerprint density at radius 3 is 2.74 bits per heavy atom. The van der Waals surface area contributed by atoms with Gasteiger partial charge in [-0.15, -0.1) is 11.3 Å². The van der Waals surface area contributed by atoms with Crippen molar-refractivity contribution in [3.8, 4) is 0 Å². The smallest absolute Gasteiger partial charge is 0.144 e. The Morgan fingerprint density at radius 2 is 1.82 bits per heavy atom. The molecule has 34 heavy (non-hydrogen) atoms. The van der Waals surface area contributed by atoms with E-state index >= 15 is 0 Å². The maximum atomic E-state index is 6.47. The fourth-order valence-corrected chi connectivity index (χ4v) is 7.02. The van der Waals surface area contributed by atoms with Crippen LogP contribution in [-0.2, 0) is 29.9 Å². The average molecular weight is 493 g/mol. The number of fused-ring (bicyclic) bond motifs is 4. The largest absolute Gasteiger partial charge is 0.383 e. The van der Waals surface area contributed by atoms with Gasteiger partial charge in [-0.05, 0) is 37.3 Å². The van der Waals surface area contributed by atoms with Gasteiger partial charge >= 0.3 is 0 Å². The van der Waals surface area contributed by atoms with Crippen molar-refractivity contribution in [2.75, 3.05) is 32.0 Å². The van der Waals surface area contributed by atoms with Crippen LogP contribution in [0.4, 0.5) is 5.82 Å². The van der Waals surface area contributed by atoms with Crippen molar-refractivity contribution in [2.24, 2.45) is 0 Å². The second-order valence-electron chi connectivity index (χ2n) is 8.91. The molecule has 2 aliphatic rings. The van der Waals surface area contributed by atoms with E-state index in [9.17, 15) is 0 Å². The predicted octanol–water partition coefficient (Wildman–Crippen LogP) is 4.61. The Balaban J connectivity index is 1.28. The summed E-state index contributed by atoms with van der Waals surface area (Å²) >= 11 is 3.47. The van der Waals surface area contributed by atoms with Crippen molar-refractivity contribution >= 4 is 50.0 Å². The van der Waals surface area contributed by atoms with E-state index in [0.29, 0.717) is 11.6 Å². The van der Waals surface area contributed by atoms with Crippen LogP contribution in [-0.4, -0.2) is 51.1 Å². The van der Waals surface area contributed by atoms with Crippen molar-refractivity contribution < 1.29 is 4.74 Å². The van der Waals surface area contributed by atoms with E-state index in [-0.39, 0.29) is 0 Å². The van der Waals surface area contributed by atoms with Gasteiger partial charge in [-0.3, -0.25) is 4.90 Å². The quantitative estimate of drug-likeness (QED) is 0.245. The lowest BCUT2D eigenvalue weighted by Crippen LogP contribution is -2.36. The van der Waals surface area contributed by atoms with Gasteiger partial charge in [-0.25, -0.2) is 19.9 Å². The van der Waals surface area contributed by atoms with Crippen molar-refractivity contribution in [2.45, 2.75) is 49.4 Å². The first kappa shape index (κ1) is 22.2. The summed E-state index contributed by atoms with van der Waals surface area (Å²) in [7, 11) is 0. The Hall–Kier alpha value is -2.33. The van der Waals surface area contributed by atoms with E-state index in [1.165, 1.54) is 29.7 Å². The summed E-state index contributed by atoms with van der Waals surface area (Å²) in [6.45, 7) is 4.09. The molecule has 1 aliphatic carbocycles.